The number of aryl methyl sites for hydroxylation is 1. The van der Waals surface area contributed by atoms with Gasteiger partial charge in [-0.1, -0.05) is 0 Å². The van der Waals surface area contributed by atoms with Gasteiger partial charge in [-0.15, -0.1) is 0 Å². The number of nitrogen functional groups attached to an aromatic ring is 2. The highest BCUT2D eigenvalue weighted by molar-refractivity contribution is 5.74. The van der Waals surface area contributed by atoms with E-state index in [0.717, 1.165) is 0 Å². The minimum atomic E-state index is -0.489. The number of nitrogens with zero attached hydrogens (tertiary/aromatic N) is 1. The van der Waals surface area contributed by atoms with Crippen LogP contribution in [0, 0.1) is 24.0 Å². The Morgan fingerprint density at radius 3 is 2.38 bits per heavy atom. The van der Waals surface area contributed by atoms with Gasteiger partial charge in [-0.3, -0.25) is 10.1 Å². The first-order valence-electron chi connectivity index (χ1n) is 3.74. The molecule has 0 radical (unpaired) electrons. The van der Waals surface area contributed by atoms with E-state index in [2.05, 4.69) is 0 Å². The van der Waals surface area contributed by atoms with Crippen molar-refractivity contribution in [1.82, 2.24) is 0 Å². The number of rotatable bonds is 1. The van der Waals surface area contributed by atoms with Gasteiger partial charge in [-0.05, 0) is 19.9 Å². The van der Waals surface area contributed by atoms with Gasteiger partial charge in [0.15, 0.2) is 0 Å². The second-order valence-electron chi connectivity index (χ2n) is 2.93. The lowest BCUT2D eigenvalue weighted by atomic mass is 10.1. The van der Waals surface area contributed by atoms with Gasteiger partial charge >= 0.3 is 0 Å². The Morgan fingerprint density at radius 2 is 1.92 bits per heavy atom. The van der Waals surface area contributed by atoms with Crippen LogP contribution >= 0.6 is 0 Å². The molecule has 0 fully saturated rings. The van der Waals surface area contributed by atoms with E-state index in [1.54, 1.807) is 19.9 Å². The third-order valence-corrected chi connectivity index (χ3v) is 2.02. The molecule has 0 saturated carbocycles. The molecule has 5 heteroatoms. The summed E-state index contributed by atoms with van der Waals surface area (Å²) in [5, 5.41) is 10.6. The lowest BCUT2D eigenvalue weighted by Gasteiger charge is -2.06. The van der Waals surface area contributed by atoms with Crippen molar-refractivity contribution in [2.24, 2.45) is 0 Å². The second-order valence-corrected chi connectivity index (χ2v) is 2.93. The minimum absolute atomic E-state index is 0.0494. The fourth-order valence-electron chi connectivity index (χ4n) is 1.20. The zero-order chi connectivity index (χ0) is 10.2. The Hall–Kier alpha value is -1.78. The van der Waals surface area contributed by atoms with Crippen molar-refractivity contribution in [1.29, 1.82) is 0 Å². The molecule has 70 valence electrons. The van der Waals surface area contributed by atoms with E-state index < -0.39 is 4.92 Å². The number of nitro benzene ring substituents is 1. The highest BCUT2D eigenvalue weighted by Gasteiger charge is 2.18. The van der Waals surface area contributed by atoms with Crippen LogP contribution in [0.2, 0.25) is 0 Å². The Kier molecular flexibility index (Phi) is 2.10. The highest BCUT2D eigenvalue weighted by Crippen LogP contribution is 2.32. The lowest BCUT2D eigenvalue weighted by Crippen LogP contribution is -2.03. The molecule has 0 aromatic heterocycles. The Balaban J connectivity index is 3.53. The van der Waals surface area contributed by atoms with Crippen molar-refractivity contribution in [3.63, 3.8) is 0 Å². The van der Waals surface area contributed by atoms with Crippen LogP contribution in [0.4, 0.5) is 17.1 Å². The van der Waals surface area contributed by atoms with Gasteiger partial charge in [0, 0.05) is 16.8 Å². The van der Waals surface area contributed by atoms with Gasteiger partial charge in [0.2, 0.25) is 0 Å². The average molecular weight is 181 g/mol. The van der Waals surface area contributed by atoms with E-state index in [1.165, 1.54) is 0 Å². The van der Waals surface area contributed by atoms with Crippen LogP contribution in [-0.2, 0) is 0 Å². The summed E-state index contributed by atoms with van der Waals surface area (Å²) in [6, 6.07) is 1.56. The maximum Gasteiger partial charge on any atom is 0.295 e. The monoisotopic (exact) mass is 181 g/mol. The van der Waals surface area contributed by atoms with Gasteiger partial charge in [0.25, 0.3) is 5.69 Å². The molecule has 0 heterocycles. The standard InChI is InChI=1S/C8H11N3O2/c1-4-3-6(9)5(2)7(10)8(4)11(12)13/h3H,9-10H2,1-2H3. The molecule has 1 aromatic rings. The molecule has 0 aliphatic rings. The molecule has 5 nitrogen and oxygen atoms in total. The smallest absolute Gasteiger partial charge is 0.295 e. The molecule has 0 bridgehead atoms. The van der Waals surface area contributed by atoms with Crippen LogP contribution in [0.3, 0.4) is 0 Å². The number of anilines is 2. The maximum atomic E-state index is 10.6. The first-order valence-corrected chi connectivity index (χ1v) is 3.74. The van der Waals surface area contributed by atoms with E-state index >= 15 is 0 Å². The van der Waals surface area contributed by atoms with Gasteiger partial charge in [-0.25, -0.2) is 0 Å². The van der Waals surface area contributed by atoms with Crippen molar-refractivity contribution in [2.75, 3.05) is 11.5 Å². The van der Waals surface area contributed by atoms with Gasteiger partial charge < -0.3 is 11.5 Å². The van der Waals surface area contributed by atoms with Crippen LogP contribution in [0.25, 0.3) is 0 Å². The van der Waals surface area contributed by atoms with Crippen molar-refractivity contribution >= 4 is 17.1 Å². The molecule has 4 N–H and O–H groups in total. The lowest BCUT2D eigenvalue weighted by molar-refractivity contribution is -0.384. The largest absolute Gasteiger partial charge is 0.398 e. The fourth-order valence-corrected chi connectivity index (χ4v) is 1.20. The molecule has 0 amide bonds. The Morgan fingerprint density at radius 1 is 1.38 bits per heavy atom. The maximum absolute atomic E-state index is 10.6. The van der Waals surface area contributed by atoms with Gasteiger partial charge in [0.1, 0.15) is 5.69 Å². The molecular weight excluding hydrogens is 170 g/mol. The predicted octanol–water partition coefficient (Wildman–Crippen LogP) is 1.38. The summed E-state index contributed by atoms with van der Waals surface area (Å²) in [6.45, 7) is 3.28. The number of nitro groups is 1. The van der Waals surface area contributed by atoms with Gasteiger partial charge in [0.05, 0.1) is 4.92 Å². The molecule has 0 aliphatic heterocycles. The summed E-state index contributed by atoms with van der Waals surface area (Å²) >= 11 is 0. The van der Waals surface area contributed by atoms with E-state index in [-0.39, 0.29) is 11.4 Å². The molecule has 0 unspecified atom stereocenters. The topological polar surface area (TPSA) is 95.2 Å². The SMILES string of the molecule is Cc1cc(N)c(C)c(N)c1[N+](=O)[O-]. The number of benzene rings is 1. The molecule has 13 heavy (non-hydrogen) atoms. The molecule has 0 spiro atoms. The minimum Gasteiger partial charge on any atom is -0.398 e. The van der Waals surface area contributed by atoms with Gasteiger partial charge in [-0.2, -0.15) is 0 Å². The molecule has 1 aromatic carbocycles. The zero-order valence-corrected chi connectivity index (χ0v) is 7.50. The highest BCUT2D eigenvalue weighted by atomic mass is 16.6. The van der Waals surface area contributed by atoms with Crippen molar-refractivity contribution < 1.29 is 4.92 Å². The third-order valence-electron chi connectivity index (χ3n) is 2.02. The summed E-state index contributed by atoms with van der Waals surface area (Å²) in [7, 11) is 0. The number of hydrogen-bond donors (Lipinski definition) is 2. The van der Waals surface area contributed by atoms with Crippen LogP contribution < -0.4 is 11.5 Å². The summed E-state index contributed by atoms with van der Waals surface area (Å²) in [5.41, 5.74) is 12.8. The zero-order valence-electron chi connectivity index (χ0n) is 7.50. The van der Waals surface area contributed by atoms with E-state index in [9.17, 15) is 10.1 Å². The molecular formula is C8H11N3O2. The quantitative estimate of drug-likeness (QED) is 0.388. The van der Waals surface area contributed by atoms with E-state index in [4.69, 9.17) is 11.5 Å². The predicted molar refractivity (Wildman–Crippen MR) is 51.4 cm³/mol. The third kappa shape index (κ3) is 1.40. The van der Waals surface area contributed by atoms with Crippen LogP contribution in [0.15, 0.2) is 6.07 Å². The number of hydrogen-bond acceptors (Lipinski definition) is 4. The van der Waals surface area contributed by atoms with Crippen molar-refractivity contribution in [2.45, 2.75) is 13.8 Å². The molecule has 0 atom stereocenters. The van der Waals surface area contributed by atoms with E-state index in [1.807, 2.05) is 0 Å². The molecule has 0 aliphatic carbocycles. The fraction of sp³-hybridized carbons (Fsp3) is 0.250. The Labute approximate surface area is 75.5 Å². The summed E-state index contributed by atoms with van der Waals surface area (Å²) in [5.74, 6) is 0. The summed E-state index contributed by atoms with van der Waals surface area (Å²) in [4.78, 5) is 10.1. The summed E-state index contributed by atoms with van der Waals surface area (Å²) in [6.07, 6.45) is 0. The van der Waals surface area contributed by atoms with Crippen molar-refractivity contribution in [3.8, 4) is 0 Å². The Bertz CT molecular complexity index is 374. The summed E-state index contributed by atoms with van der Waals surface area (Å²) < 4.78 is 0. The number of nitrogens with two attached hydrogens (primary N) is 2. The second kappa shape index (κ2) is 2.93. The van der Waals surface area contributed by atoms with Crippen LogP contribution in [-0.4, -0.2) is 4.92 Å². The van der Waals surface area contributed by atoms with E-state index in [0.29, 0.717) is 16.8 Å². The molecule has 0 saturated heterocycles. The average Bonchev–Trinajstić information content (AvgIpc) is 1.99. The first-order chi connectivity index (χ1) is 5.95. The van der Waals surface area contributed by atoms with Crippen molar-refractivity contribution in [3.05, 3.63) is 27.3 Å². The first kappa shape index (κ1) is 9.31. The normalized spacial score (nSPS) is 10.0. The van der Waals surface area contributed by atoms with Crippen LogP contribution in [0.5, 0.6) is 0 Å². The molecule has 1 rings (SSSR count). The van der Waals surface area contributed by atoms with Crippen LogP contribution in [0.1, 0.15) is 11.1 Å².